The standard InChI is InChI=1S/C13H25N3O2/c1-7-13(3,18-6)12(14-4)11-10(17-5)9-15-16(11)8-2/h9,12,14H,7-8H2,1-6H3. The summed E-state index contributed by atoms with van der Waals surface area (Å²) >= 11 is 0. The Morgan fingerprint density at radius 1 is 1.44 bits per heavy atom. The van der Waals surface area contributed by atoms with Gasteiger partial charge in [-0.05, 0) is 27.3 Å². The summed E-state index contributed by atoms with van der Waals surface area (Å²) in [6.45, 7) is 7.09. The van der Waals surface area contributed by atoms with Crippen LogP contribution in [0.3, 0.4) is 0 Å². The van der Waals surface area contributed by atoms with Crippen molar-refractivity contribution in [2.45, 2.75) is 45.4 Å². The highest BCUT2D eigenvalue weighted by molar-refractivity contribution is 5.30. The molecular weight excluding hydrogens is 230 g/mol. The molecule has 0 aliphatic rings. The lowest BCUT2D eigenvalue weighted by Crippen LogP contribution is -2.42. The van der Waals surface area contributed by atoms with Crippen molar-refractivity contribution in [2.24, 2.45) is 0 Å². The van der Waals surface area contributed by atoms with E-state index in [-0.39, 0.29) is 11.6 Å². The van der Waals surface area contributed by atoms with Crippen LogP contribution in [-0.4, -0.2) is 36.6 Å². The molecule has 5 heteroatoms. The van der Waals surface area contributed by atoms with Crippen molar-refractivity contribution in [2.75, 3.05) is 21.3 Å². The van der Waals surface area contributed by atoms with Gasteiger partial charge in [0, 0.05) is 13.7 Å². The molecule has 1 heterocycles. The van der Waals surface area contributed by atoms with Crippen LogP contribution in [0.4, 0.5) is 0 Å². The van der Waals surface area contributed by atoms with Gasteiger partial charge in [-0.25, -0.2) is 0 Å². The summed E-state index contributed by atoms with van der Waals surface area (Å²) in [5, 5.41) is 7.68. The molecule has 2 unspecified atom stereocenters. The van der Waals surface area contributed by atoms with Gasteiger partial charge in [0.25, 0.3) is 0 Å². The van der Waals surface area contributed by atoms with E-state index in [0.717, 1.165) is 24.4 Å². The van der Waals surface area contributed by atoms with Crippen LogP contribution in [0.1, 0.15) is 38.9 Å². The van der Waals surface area contributed by atoms with Crippen LogP contribution in [-0.2, 0) is 11.3 Å². The highest BCUT2D eigenvalue weighted by Crippen LogP contribution is 2.36. The van der Waals surface area contributed by atoms with Crippen molar-refractivity contribution >= 4 is 0 Å². The van der Waals surface area contributed by atoms with E-state index in [1.54, 1.807) is 20.4 Å². The third-order valence-corrected chi connectivity index (χ3v) is 3.71. The Hall–Kier alpha value is -1.07. The number of nitrogens with one attached hydrogen (secondary N) is 1. The molecule has 0 saturated heterocycles. The van der Waals surface area contributed by atoms with Gasteiger partial charge in [-0.1, -0.05) is 6.92 Å². The third-order valence-electron chi connectivity index (χ3n) is 3.71. The topological polar surface area (TPSA) is 48.3 Å². The van der Waals surface area contributed by atoms with Gasteiger partial charge in [0.1, 0.15) is 5.69 Å². The fraction of sp³-hybridized carbons (Fsp3) is 0.769. The van der Waals surface area contributed by atoms with Crippen LogP contribution in [0.25, 0.3) is 0 Å². The number of likely N-dealkylation sites (N-methyl/N-ethyl adjacent to an activating group) is 1. The SMILES string of the molecule is CCn1ncc(OC)c1C(NC)C(C)(CC)OC. The molecule has 1 aromatic heterocycles. The Balaban J connectivity index is 3.26. The van der Waals surface area contributed by atoms with Crippen molar-refractivity contribution < 1.29 is 9.47 Å². The van der Waals surface area contributed by atoms with E-state index in [0.29, 0.717) is 0 Å². The maximum absolute atomic E-state index is 5.70. The zero-order valence-corrected chi connectivity index (χ0v) is 12.3. The highest BCUT2D eigenvalue weighted by Gasteiger charge is 2.37. The first-order valence-corrected chi connectivity index (χ1v) is 6.40. The molecule has 0 amide bonds. The van der Waals surface area contributed by atoms with Gasteiger partial charge >= 0.3 is 0 Å². The summed E-state index contributed by atoms with van der Waals surface area (Å²) in [4.78, 5) is 0. The Kier molecular flexibility index (Phi) is 5.16. The van der Waals surface area contributed by atoms with Gasteiger partial charge < -0.3 is 14.8 Å². The third kappa shape index (κ3) is 2.52. The molecule has 104 valence electrons. The van der Waals surface area contributed by atoms with Crippen molar-refractivity contribution in [3.05, 3.63) is 11.9 Å². The van der Waals surface area contributed by atoms with Crippen LogP contribution in [0.5, 0.6) is 5.75 Å². The predicted octanol–water partition coefficient (Wildman–Crippen LogP) is 1.99. The summed E-state index contributed by atoms with van der Waals surface area (Å²) in [5.74, 6) is 0.799. The molecule has 18 heavy (non-hydrogen) atoms. The molecule has 0 saturated carbocycles. The number of nitrogens with zero attached hydrogens (tertiary/aromatic N) is 2. The summed E-state index contributed by atoms with van der Waals surface area (Å²) in [6, 6.07) is 0.0323. The highest BCUT2D eigenvalue weighted by atomic mass is 16.5. The van der Waals surface area contributed by atoms with E-state index in [4.69, 9.17) is 9.47 Å². The van der Waals surface area contributed by atoms with Crippen LogP contribution in [0.2, 0.25) is 0 Å². The molecule has 0 bridgehead atoms. The van der Waals surface area contributed by atoms with Crippen molar-refractivity contribution in [3.63, 3.8) is 0 Å². The molecule has 1 N–H and O–H groups in total. The lowest BCUT2D eigenvalue weighted by Gasteiger charge is -2.36. The monoisotopic (exact) mass is 255 g/mol. The van der Waals surface area contributed by atoms with Gasteiger partial charge in [0.2, 0.25) is 0 Å². The van der Waals surface area contributed by atoms with E-state index < -0.39 is 0 Å². The van der Waals surface area contributed by atoms with Gasteiger partial charge in [0.15, 0.2) is 5.75 Å². The number of hydrogen-bond acceptors (Lipinski definition) is 4. The van der Waals surface area contributed by atoms with Crippen LogP contribution in [0.15, 0.2) is 6.20 Å². The second kappa shape index (κ2) is 6.20. The van der Waals surface area contributed by atoms with Gasteiger partial charge in [-0.15, -0.1) is 0 Å². The minimum atomic E-state index is -0.297. The van der Waals surface area contributed by atoms with Gasteiger partial charge in [-0.2, -0.15) is 5.10 Å². The number of aryl methyl sites for hydroxylation is 1. The molecule has 0 radical (unpaired) electrons. The number of ether oxygens (including phenoxy) is 2. The first kappa shape index (κ1) is 15.0. The Morgan fingerprint density at radius 3 is 2.50 bits per heavy atom. The predicted molar refractivity (Wildman–Crippen MR) is 72.0 cm³/mol. The molecule has 0 fully saturated rings. The minimum Gasteiger partial charge on any atom is -0.493 e. The quantitative estimate of drug-likeness (QED) is 0.809. The van der Waals surface area contributed by atoms with E-state index >= 15 is 0 Å². The van der Waals surface area contributed by atoms with Crippen molar-refractivity contribution in [3.8, 4) is 5.75 Å². The molecule has 0 aliphatic heterocycles. The molecule has 0 aromatic carbocycles. The Bertz CT molecular complexity index is 351. The second-order valence-corrected chi connectivity index (χ2v) is 4.51. The molecule has 2 atom stereocenters. The number of hydrogen-bond donors (Lipinski definition) is 1. The largest absolute Gasteiger partial charge is 0.493 e. The van der Waals surface area contributed by atoms with E-state index in [1.165, 1.54) is 0 Å². The summed E-state index contributed by atoms with van der Waals surface area (Å²) < 4.78 is 13.1. The molecule has 1 aromatic rings. The first-order chi connectivity index (χ1) is 8.57. The normalized spacial score (nSPS) is 16.3. The molecular formula is C13H25N3O2. The molecule has 1 rings (SSSR count). The number of methoxy groups -OCH3 is 2. The lowest BCUT2D eigenvalue weighted by molar-refractivity contribution is -0.0307. The van der Waals surface area contributed by atoms with Gasteiger partial charge in [-0.3, -0.25) is 4.68 Å². The van der Waals surface area contributed by atoms with Gasteiger partial charge in [0.05, 0.1) is 24.9 Å². The molecule has 0 spiro atoms. The van der Waals surface area contributed by atoms with Crippen LogP contribution >= 0.6 is 0 Å². The fourth-order valence-corrected chi connectivity index (χ4v) is 2.28. The van der Waals surface area contributed by atoms with E-state index in [2.05, 4.69) is 31.2 Å². The second-order valence-electron chi connectivity index (χ2n) is 4.51. The smallest absolute Gasteiger partial charge is 0.161 e. The zero-order valence-electron chi connectivity index (χ0n) is 12.3. The van der Waals surface area contributed by atoms with Crippen molar-refractivity contribution in [1.82, 2.24) is 15.1 Å². The van der Waals surface area contributed by atoms with E-state index in [9.17, 15) is 0 Å². The average molecular weight is 255 g/mol. The molecule has 5 nitrogen and oxygen atoms in total. The summed E-state index contributed by atoms with van der Waals surface area (Å²) in [5.41, 5.74) is 0.739. The number of rotatable bonds is 7. The number of aromatic nitrogens is 2. The average Bonchev–Trinajstić information content (AvgIpc) is 2.82. The zero-order chi connectivity index (χ0) is 13.8. The summed E-state index contributed by atoms with van der Waals surface area (Å²) in [6.07, 6.45) is 2.65. The Morgan fingerprint density at radius 2 is 2.11 bits per heavy atom. The lowest BCUT2D eigenvalue weighted by atomic mass is 9.90. The van der Waals surface area contributed by atoms with E-state index in [1.807, 2.05) is 11.7 Å². The van der Waals surface area contributed by atoms with Crippen LogP contribution in [0, 0.1) is 0 Å². The van der Waals surface area contributed by atoms with Crippen molar-refractivity contribution in [1.29, 1.82) is 0 Å². The molecule has 0 aliphatic carbocycles. The minimum absolute atomic E-state index is 0.0323. The Labute approximate surface area is 109 Å². The summed E-state index contributed by atoms with van der Waals surface area (Å²) in [7, 11) is 5.35. The maximum atomic E-state index is 5.70. The fourth-order valence-electron chi connectivity index (χ4n) is 2.28. The van der Waals surface area contributed by atoms with Crippen LogP contribution < -0.4 is 10.1 Å². The first-order valence-electron chi connectivity index (χ1n) is 6.40. The maximum Gasteiger partial charge on any atom is 0.161 e.